The van der Waals surface area contributed by atoms with Crippen molar-refractivity contribution in [2.75, 3.05) is 46.9 Å². The number of nitrogens with zero attached hydrogens (tertiary/aromatic N) is 2. The van der Waals surface area contributed by atoms with E-state index in [0.717, 1.165) is 44.0 Å². The number of rotatable bonds is 7. The largest absolute Gasteiger partial charge is 0.497 e. The number of carbonyl (C=O) groups excluding carboxylic acids is 1. The van der Waals surface area contributed by atoms with Crippen LogP contribution in [0, 0.1) is 0 Å². The minimum Gasteiger partial charge on any atom is -0.497 e. The first-order valence-corrected chi connectivity index (χ1v) is 7.92. The first-order chi connectivity index (χ1) is 10.7. The average Bonchev–Trinajstić information content (AvgIpc) is 2.56. The van der Waals surface area contributed by atoms with Gasteiger partial charge >= 0.3 is 0 Å². The molecule has 1 fully saturated rings. The molecule has 1 aromatic carbocycles. The van der Waals surface area contributed by atoms with E-state index in [2.05, 4.69) is 0 Å². The van der Waals surface area contributed by atoms with Crippen molar-refractivity contribution < 1.29 is 14.3 Å². The van der Waals surface area contributed by atoms with Crippen LogP contribution >= 0.6 is 0 Å². The van der Waals surface area contributed by atoms with E-state index in [9.17, 15) is 4.79 Å². The molecule has 22 heavy (non-hydrogen) atoms. The van der Waals surface area contributed by atoms with E-state index in [0.29, 0.717) is 13.2 Å². The second kappa shape index (κ2) is 8.63. The number of ether oxygens (including phenoxy) is 2. The fourth-order valence-electron chi connectivity index (χ4n) is 2.54. The molecule has 0 spiro atoms. The number of carbonyl (C=O) groups is 1. The summed E-state index contributed by atoms with van der Waals surface area (Å²) in [7, 11) is 3.60. The lowest BCUT2D eigenvalue weighted by molar-refractivity contribution is -0.133. The molecular formula is C17H26N2O3. The van der Waals surface area contributed by atoms with Crippen molar-refractivity contribution in [2.24, 2.45) is 0 Å². The van der Waals surface area contributed by atoms with Crippen LogP contribution in [0.2, 0.25) is 0 Å². The molecule has 0 radical (unpaired) electrons. The minimum atomic E-state index is 0.228. The number of benzene rings is 1. The first-order valence-electron chi connectivity index (χ1n) is 7.92. The summed E-state index contributed by atoms with van der Waals surface area (Å²) in [6.45, 7) is 3.58. The molecule has 122 valence electrons. The molecule has 1 aromatic rings. The van der Waals surface area contributed by atoms with Gasteiger partial charge in [-0.05, 0) is 50.6 Å². The molecule has 1 aliphatic heterocycles. The molecule has 5 nitrogen and oxygen atoms in total. The zero-order valence-electron chi connectivity index (χ0n) is 13.6. The van der Waals surface area contributed by atoms with E-state index in [1.165, 1.54) is 6.42 Å². The van der Waals surface area contributed by atoms with Gasteiger partial charge in [-0.1, -0.05) is 0 Å². The molecule has 0 aliphatic carbocycles. The Morgan fingerprint density at radius 1 is 1.14 bits per heavy atom. The Hall–Kier alpha value is -1.75. The van der Waals surface area contributed by atoms with Crippen molar-refractivity contribution in [3.63, 3.8) is 0 Å². The fourth-order valence-corrected chi connectivity index (χ4v) is 2.54. The molecule has 0 bridgehead atoms. The van der Waals surface area contributed by atoms with Crippen LogP contribution in [0.5, 0.6) is 11.5 Å². The summed E-state index contributed by atoms with van der Waals surface area (Å²) in [5.74, 6) is 1.86. The van der Waals surface area contributed by atoms with E-state index in [-0.39, 0.29) is 5.91 Å². The highest BCUT2D eigenvalue weighted by Crippen LogP contribution is 2.16. The molecule has 0 aromatic heterocycles. The van der Waals surface area contributed by atoms with Gasteiger partial charge in [0.15, 0.2) is 0 Å². The Bertz CT molecular complexity index is 455. The molecule has 2 rings (SSSR count). The van der Waals surface area contributed by atoms with Gasteiger partial charge in [-0.25, -0.2) is 0 Å². The van der Waals surface area contributed by atoms with E-state index < -0.39 is 0 Å². The predicted molar refractivity (Wildman–Crippen MR) is 86.4 cm³/mol. The van der Waals surface area contributed by atoms with Crippen LogP contribution in [0.4, 0.5) is 0 Å². The summed E-state index contributed by atoms with van der Waals surface area (Å²) >= 11 is 0. The smallest absolute Gasteiger partial charge is 0.236 e. The Kier molecular flexibility index (Phi) is 6.52. The number of amides is 1. The topological polar surface area (TPSA) is 42.0 Å². The standard InChI is InChI=1S/C17H26N2O3/c1-18(14-17(20)19-10-4-3-5-11-19)12-13-22-16-8-6-15(21-2)7-9-16/h6-9H,3-5,10-14H2,1-2H3. The number of hydrogen-bond donors (Lipinski definition) is 0. The summed E-state index contributed by atoms with van der Waals surface area (Å²) in [5, 5.41) is 0. The zero-order chi connectivity index (χ0) is 15.8. The Morgan fingerprint density at radius 2 is 1.77 bits per heavy atom. The highest BCUT2D eigenvalue weighted by molar-refractivity contribution is 5.78. The predicted octanol–water partition coefficient (Wildman–Crippen LogP) is 2.02. The summed E-state index contributed by atoms with van der Waals surface area (Å²) in [5.41, 5.74) is 0. The van der Waals surface area contributed by atoms with Gasteiger partial charge in [0.2, 0.25) is 5.91 Å². The van der Waals surface area contributed by atoms with Gasteiger partial charge in [-0.15, -0.1) is 0 Å². The Labute approximate surface area is 132 Å². The van der Waals surface area contributed by atoms with Crippen LogP contribution in [0.25, 0.3) is 0 Å². The average molecular weight is 306 g/mol. The van der Waals surface area contributed by atoms with E-state index in [4.69, 9.17) is 9.47 Å². The van der Waals surface area contributed by atoms with Gasteiger partial charge in [-0.3, -0.25) is 9.69 Å². The Morgan fingerprint density at radius 3 is 2.41 bits per heavy atom. The van der Waals surface area contributed by atoms with Crippen molar-refractivity contribution >= 4 is 5.91 Å². The molecule has 0 N–H and O–H groups in total. The summed E-state index contributed by atoms with van der Waals surface area (Å²) in [6.07, 6.45) is 3.52. The van der Waals surface area contributed by atoms with Gasteiger partial charge in [0.1, 0.15) is 18.1 Å². The van der Waals surface area contributed by atoms with Crippen LogP contribution in [0.15, 0.2) is 24.3 Å². The van der Waals surface area contributed by atoms with Gasteiger partial charge in [-0.2, -0.15) is 0 Å². The Balaban J connectivity index is 1.66. The molecule has 1 amide bonds. The second-order valence-electron chi connectivity index (χ2n) is 5.70. The van der Waals surface area contributed by atoms with Crippen molar-refractivity contribution in [1.29, 1.82) is 0 Å². The molecule has 1 aliphatic rings. The van der Waals surface area contributed by atoms with Crippen LogP contribution < -0.4 is 9.47 Å². The van der Waals surface area contributed by atoms with Crippen LogP contribution in [-0.4, -0.2) is 62.7 Å². The highest BCUT2D eigenvalue weighted by atomic mass is 16.5. The number of likely N-dealkylation sites (N-methyl/N-ethyl adjacent to an activating group) is 1. The fraction of sp³-hybridized carbons (Fsp3) is 0.588. The normalized spacial score (nSPS) is 15.0. The maximum atomic E-state index is 12.1. The monoisotopic (exact) mass is 306 g/mol. The number of hydrogen-bond acceptors (Lipinski definition) is 4. The third kappa shape index (κ3) is 5.22. The third-order valence-electron chi connectivity index (χ3n) is 3.92. The van der Waals surface area contributed by atoms with Gasteiger partial charge in [0.05, 0.1) is 13.7 Å². The van der Waals surface area contributed by atoms with Gasteiger partial charge < -0.3 is 14.4 Å². The van der Waals surface area contributed by atoms with Gasteiger partial charge in [0.25, 0.3) is 0 Å². The SMILES string of the molecule is COc1ccc(OCCN(C)CC(=O)N2CCCCC2)cc1. The third-order valence-corrected chi connectivity index (χ3v) is 3.92. The highest BCUT2D eigenvalue weighted by Gasteiger charge is 2.17. The van der Waals surface area contributed by atoms with E-state index in [1.807, 2.05) is 41.1 Å². The molecule has 0 unspecified atom stereocenters. The second-order valence-corrected chi connectivity index (χ2v) is 5.70. The molecular weight excluding hydrogens is 280 g/mol. The number of likely N-dealkylation sites (tertiary alicyclic amines) is 1. The van der Waals surface area contributed by atoms with Crippen molar-refractivity contribution in [1.82, 2.24) is 9.80 Å². The molecule has 0 atom stereocenters. The summed E-state index contributed by atoms with van der Waals surface area (Å²) < 4.78 is 10.8. The minimum absolute atomic E-state index is 0.228. The quantitative estimate of drug-likeness (QED) is 0.773. The van der Waals surface area contributed by atoms with Gasteiger partial charge in [0, 0.05) is 19.6 Å². The van der Waals surface area contributed by atoms with Crippen LogP contribution in [0.1, 0.15) is 19.3 Å². The van der Waals surface area contributed by atoms with Crippen molar-refractivity contribution in [2.45, 2.75) is 19.3 Å². The zero-order valence-corrected chi connectivity index (χ0v) is 13.6. The van der Waals surface area contributed by atoms with Crippen molar-refractivity contribution in [3.05, 3.63) is 24.3 Å². The first kappa shape index (κ1) is 16.6. The van der Waals surface area contributed by atoms with E-state index >= 15 is 0 Å². The summed E-state index contributed by atoms with van der Waals surface area (Å²) in [4.78, 5) is 16.1. The maximum absolute atomic E-state index is 12.1. The summed E-state index contributed by atoms with van der Waals surface area (Å²) in [6, 6.07) is 7.52. The molecule has 1 saturated heterocycles. The molecule has 1 heterocycles. The number of methoxy groups -OCH3 is 1. The van der Waals surface area contributed by atoms with Crippen molar-refractivity contribution in [3.8, 4) is 11.5 Å². The lowest BCUT2D eigenvalue weighted by atomic mass is 10.1. The molecule has 0 saturated carbocycles. The molecule has 5 heteroatoms. The number of piperidine rings is 1. The van der Waals surface area contributed by atoms with Crippen LogP contribution in [-0.2, 0) is 4.79 Å². The van der Waals surface area contributed by atoms with E-state index in [1.54, 1.807) is 7.11 Å². The maximum Gasteiger partial charge on any atom is 0.236 e. The van der Waals surface area contributed by atoms with Crippen LogP contribution in [0.3, 0.4) is 0 Å². The lowest BCUT2D eigenvalue weighted by Crippen LogP contribution is -2.42. The lowest BCUT2D eigenvalue weighted by Gasteiger charge is -2.28.